The number of non-ortho nitro benzene ring substituents is 1. The van der Waals surface area contributed by atoms with E-state index in [9.17, 15) is 10.1 Å². The van der Waals surface area contributed by atoms with Crippen molar-refractivity contribution in [3.8, 4) is 0 Å². The molecule has 1 aliphatic rings. The largest absolute Gasteiger partial charge is 1.00 e. The Labute approximate surface area is 138 Å². The zero-order valence-electron chi connectivity index (χ0n) is 11.9. The monoisotopic (exact) mass is 366 g/mol. The van der Waals surface area contributed by atoms with Crippen molar-refractivity contribution in [1.29, 1.82) is 0 Å². The van der Waals surface area contributed by atoms with Gasteiger partial charge in [-0.1, -0.05) is 12.1 Å². The summed E-state index contributed by atoms with van der Waals surface area (Å²) in [5.41, 5.74) is 1.54. The number of nitrogens with zero attached hydrogens (tertiary/aromatic N) is 2. The molecule has 0 spiro atoms. The number of hydrogen-bond donors (Lipinski definition) is 0. The van der Waals surface area contributed by atoms with Gasteiger partial charge in [0.1, 0.15) is 0 Å². The lowest BCUT2D eigenvalue weighted by molar-refractivity contribution is -0.834. The number of aryl methyl sites for hydroxylation is 1. The van der Waals surface area contributed by atoms with Crippen molar-refractivity contribution in [3.63, 3.8) is 0 Å². The third kappa shape index (κ3) is 2.75. The number of halogens is 1. The number of rotatable bonds is 3. The first-order valence-electron chi connectivity index (χ1n) is 6.64. The van der Waals surface area contributed by atoms with Gasteiger partial charge in [0.15, 0.2) is 12.4 Å². The summed E-state index contributed by atoms with van der Waals surface area (Å²) < 4.78 is 13.5. The topological polar surface area (TPSA) is 65.5 Å². The molecule has 0 radical (unpaired) electrons. The Morgan fingerprint density at radius 3 is 2.41 bits per heavy atom. The fourth-order valence-electron chi connectivity index (χ4n) is 2.50. The van der Waals surface area contributed by atoms with Crippen LogP contribution in [-0.2, 0) is 15.4 Å². The molecule has 1 saturated heterocycles. The molecule has 1 aromatic heterocycles. The summed E-state index contributed by atoms with van der Waals surface area (Å²) in [5.74, 6) is -1.14. The van der Waals surface area contributed by atoms with Crippen LogP contribution in [-0.4, -0.2) is 18.1 Å². The number of aromatic nitrogens is 1. The van der Waals surface area contributed by atoms with Crippen molar-refractivity contribution in [3.05, 3.63) is 70.0 Å². The second-order valence-corrected chi connectivity index (χ2v) is 4.82. The average molecular weight is 367 g/mol. The van der Waals surface area contributed by atoms with E-state index < -0.39 is 10.8 Å². The molecule has 0 amide bonds. The third-order valence-corrected chi connectivity index (χ3v) is 3.51. The van der Waals surface area contributed by atoms with Crippen molar-refractivity contribution >= 4 is 5.69 Å². The van der Waals surface area contributed by atoms with Gasteiger partial charge in [0.05, 0.1) is 23.7 Å². The molecule has 2 heterocycles. The number of nitro benzene ring substituents is 1. The van der Waals surface area contributed by atoms with Crippen molar-refractivity contribution in [2.45, 2.75) is 12.8 Å². The summed E-state index contributed by atoms with van der Waals surface area (Å²) in [6.07, 6.45) is 3.65. The van der Waals surface area contributed by atoms with Crippen LogP contribution in [0.15, 0.2) is 48.8 Å². The lowest BCUT2D eigenvalue weighted by atomic mass is 10.0. The lowest BCUT2D eigenvalue weighted by Crippen LogP contribution is -3.00. The first kappa shape index (κ1) is 16.5. The minimum atomic E-state index is -1.14. The fourth-order valence-corrected chi connectivity index (χ4v) is 2.50. The number of nitro groups is 1. The summed E-state index contributed by atoms with van der Waals surface area (Å²) in [6, 6.07) is 10.3. The number of ether oxygens (including phenoxy) is 2. The van der Waals surface area contributed by atoms with Gasteiger partial charge in [-0.2, -0.15) is 0 Å². The van der Waals surface area contributed by atoms with Crippen LogP contribution in [0.5, 0.6) is 0 Å². The number of hydrogen-bond acceptors (Lipinski definition) is 4. The van der Waals surface area contributed by atoms with E-state index in [4.69, 9.17) is 9.47 Å². The van der Waals surface area contributed by atoms with Gasteiger partial charge in [-0.15, -0.1) is 4.57 Å². The Bertz CT molecular complexity index is 672. The first-order chi connectivity index (χ1) is 10.1. The molecule has 22 heavy (non-hydrogen) atoms. The second-order valence-electron chi connectivity index (χ2n) is 4.82. The zero-order valence-corrected chi connectivity index (χ0v) is 13.5. The van der Waals surface area contributed by atoms with E-state index in [1.165, 1.54) is 12.1 Å². The van der Waals surface area contributed by atoms with Gasteiger partial charge in [0.25, 0.3) is 5.69 Å². The van der Waals surface area contributed by atoms with Gasteiger partial charge in [0.2, 0.25) is 0 Å². The van der Waals surface area contributed by atoms with Gasteiger partial charge in [-0.3, -0.25) is 19.6 Å². The summed E-state index contributed by atoms with van der Waals surface area (Å²) >= 11 is 0. The molecule has 6 nitrogen and oxygen atoms in total. The molecule has 0 saturated carbocycles. The molecule has 1 aliphatic heterocycles. The van der Waals surface area contributed by atoms with Gasteiger partial charge < -0.3 is 17.0 Å². The minimum Gasteiger partial charge on any atom is -1.00 e. The first-order valence-corrected chi connectivity index (χ1v) is 6.64. The van der Waals surface area contributed by atoms with Crippen molar-refractivity contribution in [2.75, 3.05) is 13.2 Å². The summed E-state index contributed by atoms with van der Waals surface area (Å²) in [5, 5.41) is 11.0. The Morgan fingerprint density at radius 1 is 1.18 bits per heavy atom. The molecule has 2 aromatic rings. The summed E-state index contributed by atoms with van der Waals surface area (Å²) in [7, 11) is 0. The molecule has 116 valence electrons. The molecule has 1 fully saturated rings. The average Bonchev–Trinajstić information content (AvgIpc) is 2.99. The maximum absolute atomic E-state index is 11.0. The normalized spacial score (nSPS) is 16.0. The summed E-state index contributed by atoms with van der Waals surface area (Å²) in [4.78, 5) is 10.6. The zero-order chi connectivity index (χ0) is 14.9. The number of pyridine rings is 1. The van der Waals surface area contributed by atoms with Crippen LogP contribution in [0.2, 0.25) is 0 Å². The highest BCUT2D eigenvalue weighted by atomic mass is 79.9. The Morgan fingerprint density at radius 2 is 1.82 bits per heavy atom. The minimum absolute atomic E-state index is 0. The lowest BCUT2D eigenvalue weighted by Gasteiger charge is -2.22. The molecule has 0 N–H and O–H groups in total. The van der Waals surface area contributed by atoms with Crippen LogP contribution in [0.3, 0.4) is 0 Å². The SMILES string of the molecule is Cc1ccc([N+](=O)[O-])cc1C1([n+]2ccccc2)OCCO1.[Br-]. The predicted molar refractivity (Wildman–Crippen MR) is 73.5 cm³/mol. The Kier molecular flexibility index (Phi) is 4.90. The smallest absolute Gasteiger partial charge is 0.420 e. The van der Waals surface area contributed by atoms with Crippen molar-refractivity contribution in [1.82, 2.24) is 0 Å². The Hall–Kier alpha value is -1.83. The van der Waals surface area contributed by atoms with Crippen LogP contribution < -0.4 is 21.5 Å². The van der Waals surface area contributed by atoms with Crippen LogP contribution >= 0.6 is 0 Å². The van der Waals surface area contributed by atoms with Gasteiger partial charge >= 0.3 is 5.91 Å². The predicted octanol–water partition coefficient (Wildman–Crippen LogP) is -1.10. The second kappa shape index (κ2) is 6.51. The molecular weight excluding hydrogens is 352 g/mol. The van der Waals surface area contributed by atoms with E-state index in [0.29, 0.717) is 18.8 Å². The van der Waals surface area contributed by atoms with Gasteiger partial charge in [-0.25, -0.2) is 0 Å². The van der Waals surface area contributed by atoms with Crippen LogP contribution in [0.25, 0.3) is 0 Å². The Balaban J connectivity index is 0.00000176. The van der Waals surface area contributed by atoms with Crippen molar-refractivity contribution in [2.24, 2.45) is 0 Å². The molecule has 0 atom stereocenters. The fraction of sp³-hybridized carbons (Fsp3) is 0.267. The standard InChI is InChI=1S/C15H15N2O4.BrH/c1-12-5-6-13(17(18)19)11-14(12)15(20-9-10-21-15)16-7-3-2-4-8-16;/h2-8,11H,9-10H2,1H3;1H/q+1;/p-1. The molecule has 1 aromatic carbocycles. The van der Waals surface area contributed by atoms with Crippen LogP contribution in [0.1, 0.15) is 11.1 Å². The maximum atomic E-state index is 11.0. The molecule has 0 unspecified atom stereocenters. The van der Waals surface area contributed by atoms with Crippen LogP contribution in [0, 0.1) is 17.0 Å². The number of benzene rings is 1. The third-order valence-electron chi connectivity index (χ3n) is 3.51. The van der Waals surface area contributed by atoms with E-state index in [1.54, 1.807) is 10.6 Å². The van der Waals surface area contributed by atoms with E-state index in [-0.39, 0.29) is 22.7 Å². The van der Waals surface area contributed by atoms with Gasteiger partial charge in [-0.05, 0) is 12.5 Å². The van der Waals surface area contributed by atoms with Crippen LogP contribution in [0.4, 0.5) is 5.69 Å². The van der Waals surface area contributed by atoms with Crippen molar-refractivity contribution < 1.29 is 35.9 Å². The molecule has 0 bridgehead atoms. The molecule has 7 heteroatoms. The molecule has 3 rings (SSSR count). The van der Waals surface area contributed by atoms with Gasteiger partial charge in [0, 0.05) is 24.3 Å². The highest BCUT2D eigenvalue weighted by Gasteiger charge is 2.50. The summed E-state index contributed by atoms with van der Waals surface area (Å²) in [6.45, 7) is 2.75. The highest BCUT2D eigenvalue weighted by molar-refractivity contribution is 5.41. The molecule has 0 aliphatic carbocycles. The van der Waals surface area contributed by atoms with E-state index >= 15 is 0 Å². The quantitative estimate of drug-likeness (QED) is 0.393. The maximum Gasteiger partial charge on any atom is 0.420 e. The highest BCUT2D eigenvalue weighted by Crippen LogP contribution is 2.32. The molecular formula is C15H15BrN2O4. The van der Waals surface area contributed by atoms with E-state index in [1.807, 2.05) is 37.5 Å². The van der Waals surface area contributed by atoms with E-state index in [2.05, 4.69) is 0 Å². The van der Waals surface area contributed by atoms with E-state index in [0.717, 1.165) is 5.56 Å².